The van der Waals surface area contributed by atoms with E-state index in [4.69, 9.17) is 9.47 Å². The monoisotopic (exact) mass is 340 g/mol. The Morgan fingerprint density at radius 3 is 2.20 bits per heavy atom. The van der Waals surface area contributed by atoms with Gasteiger partial charge in [-0.25, -0.2) is 0 Å². The first kappa shape index (κ1) is 17.8. The number of ether oxygens (including phenoxy) is 2. The Balaban J connectivity index is 2.13. The molecule has 0 saturated carbocycles. The van der Waals surface area contributed by atoms with Crippen LogP contribution in [0.1, 0.15) is 28.3 Å². The number of rotatable bonds is 5. The van der Waals surface area contributed by atoms with Gasteiger partial charge in [0.15, 0.2) is 0 Å². The molecule has 4 nitrogen and oxygen atoms in total. The molecule has 1 aliphatic rings. The average Bonchev–Trinajstić information content (AvgIpc) is 2.62. The van der Waals surface area contributed by atoms with E-state index in [1.807, 2.05) is 12.1 Å². The van der Waals surface area contributed by atoms with Gasteiger partial charge in [-0.3, -0.25) is 4.90 Å². The van der Waals surface area contributed by atoms with Crippen molar-refractivity contribution in [2.75, 3.05) is 40.4 Å². The highest BCUT2D eigenvalue weighted by Crippen LogP contribution is 2.37. The number of hydrogen-bond donors (Lipinski definition) is 1. The lowest BCUT2D eigenvalue weighted by Crippen LogP contribution is -2.45. The van der Waals surface area contributed by atoms with Crippen LogP contribution in [0.25, 0.3) is 0 Å². The minimum absolute atomic E-state index is 0.158. The fraction of sp³-hybridized carbons (Fsp3) is 0.429. The summed E-state index contributed by atoms with van der Waals surface area (Å²) in [4.78, 5) is 2.53. The Hall–Kier alpha value is -2.04. The Morgan fingerprint density at radius 1 is 0.920 bits per heavy atom. The van der Waals surface area contributed by atoms with Crippen molar-refractivity contribution >= 4 is 0 Å². The smallest absolute Gasteiger partial charge is 0.124 e. The summed E-state index contributed by atoms with van der Waals surface area (Å²) in [5.41, 5.74) is 5.05. The molecule has 0 amide bonds. The summed E-state index contributed by atoms with van der Waals surface area (Å²) in [6, 6.07) is 13.0. The number of nitrogens with zero attached hydrogens (tertiary/aromatic N) is 1. The molecular weight excluding hydrogens is 312 g/mol. The standard InChI is InChI=1S/C21H28N2O2/c1-15-11-16(2)13-17(12-15)21(23-9-7-22-8-10-23)19-14-18(24-3)5-6-20(19)25-4/h5-6,11-14,21-22H,7-10H2,1-4H3. The molecule has 0 radical (unpaired) electrons. The van der Waals surface area contributed by atoms with E-state index in [0.717, 1.165) is 43.2 Å². The van der Waals surface area contributed by atoms with Crippen LogP contribution in [0, 0.1) is 13.8 Å². The Morgan fingerprint density at radius 2 is 1.60 bits per heavy atom. The van der Waals surface area contributed by atoms with Crippen LogP contribution in [0.15, 0.2) is 36.4 Å². The highest BCUT2D eigenvalue weighted by Gasteiger charge is 2.27. The van der Waals surface area contributed by atoms with Crippen LogP contribution in [-0.4, -0.2) is 45.3 Å². The number of methoxy groups -OCH3 is 2. The fourth-order valence-corrected chi connectivity index (χ4v) is 3.75. The van der Waals surface area contributed by atoms with E-state index in [2.05, 4.69) is 48.3 Å². The van der Waals surface area contributed by atoms with Crippen molar-refractivity contribution < 1.29 is 9.47 Å². The van der Waals surface area contributed by atoms with Gasteiger partial charge in [0.25, 0.3) is 0 Å². The van der Waals surface area contributed by atoms with E-state index in [-0.39, 0.29) is 6.04 Å². The van der Waals surface area contributed by atoms with Crippen molar-refractivity contribution in [3.63, 3.8) is 0 Å². The van der Waals surface area contributed by atoms with Crippen molar-refractivity contribution in [3.05, 3.63) is 58.7 Å². The first-order chi connectivity index (χ1) is 12.1. The molecule has 0 bridgehead atoms. The van der Waals surface area contributed by atoms with E-state index in [9.17, 15) is 0 Å². The summed E-state index contributed by atoms with van der Waals surface area (Å²) in [5.74, 6) is 1.77. The molecule has 1 unspecified atom stereocenters. The average molecular weight is 340 g/mol. The normalized spacial score (nSPS) is 16.5. The quantitative estimate of drug-likeness (QED) is 0.905. The minimum Gasteiger partial charge on any atom is -0.497 e. The van der Waals surface area contributed by atoms with Crippen LogP contribution in [0.5, 0.6) is 11.5 Å². The molecular formula is C21H28N2O2. The Labute approximate surface area is 150 Å². The van der Waals surface area contributed by atoms with Crippen molar-refractivity contribution in [2.45, 2.75) is 19.9 Å². The van der Waals surface area contributed by atoms with Crippen molar-refractivity contribution in [2.24, 2.45) is 0 Å². The van der Waals surface area contributed by atoms with E-state index >= 15 is 0 Å². The summed E-state index contributed by atoms with van der Waals surface area (Å²) >= 11 is 0. The number of hydrogen-bond acceptors (Lipinski definition) is 4. The maximum atomic E-state index is 5.70. The lowest BCUT2D eigenvalue weighted by atomic mass is 9.93. The van der Waals surface area contributed by atoms with Crippen LogP contribution in [0.2, 0.25) is 0 Å². The third kappa shape index (κ3) is 3.97. The van der Waals surface area contributed by atoms with E-state index in [1.54, 1.807) is 14.2 Å². The number of benzene rings is 2. The van der Waals surface area contributed by atoms with Gasteiger partial charge in [0.2, 0.25) is 0 Å². The predicted octanol–water partition coefficient (Wildman–Crippen LogP) is 3.32. The number of nitrogens with one attached hydrogen (secondary N) is 1. The van der Waals surface area contributed by atoms with Crippen LogP contribution >= 0.6 is 0 Å². The summed E-state index contributed by atoms with van der Waals surface area (Å²) in [5, 5.41) is 3.45. The zero-order valence-electron chi connectivity index (χ0n) is 15.6. The van der Waals surface area contributed by atoms with Gasteiger partial charge in [-0.2, -0.15) is 0 Å². The van der Waals surface area contributed by atoms with Gasteiger partial charge in [-0.1, -0.05) is 29.3 Å². The van der Waals surface area contributed by atoms with Gasteiger partial charge in [0.05, 0.1) is 20.3 Å². The molecule has 0 aromatic heterocycles. The number of piperazine rings is 1. The van der Waals surface area contributed by atoms with Crippen molar-refractivity contribution in [1.82, 2.24) is 10.2 Å². The van der Waals surface area contributed by atoms with E-state index in [0.29, 0.717) is 0 Å². The molecule has 3 rings (SSSR count). The van der Waals surface area contributed by atoms with Gasteiger partial charge in [-0.05, 0) is 37.6 Å². The lowest BCUT2D eigenvalue weighted by Gasteiger charge is -2.36. The van der Waals surface area contributed by atoms with Crippen molar-refractivity contribution in [1.29, 1.82) is 0 Å². The molecule has 2 aromatic rings. The fourth-order valence-electron chi connectivity index (χ4n) is 3.75. The van der Waals surface area contributed by atoms with Crippen LogP contribution in [-0.2, 0) is 0 Å². The SMILES string of the molecule is COc1ccc(OC)c(C(c2cc(C)cc(C)c2)N2CCNCC2)c1. The highest BCUT2D eigenvalue weighted by molar-refractivity contribution is 5.47. The number of aryl methyl sites for hydroxylation is 2. The maximum absolute atomic E-state index is 5.70. The predicted molar refractivity (Wildman–Crippen MR) is 102 cm³/mol. The second kappa shape index (κ2) is 7.89. The van der Waals surface area contributed by atoms with Gasteiger partial charge in [0, 0.05) is 31.7 Å². The molecule has 1 saturated heterocycles. The zero-order chi connectivity index (χ0) is 17.8. The summed E-state index contributed by atoms with van der Waals surface area (Å²) in [6.07, 6.45) is 0. The molecule has 0 aliphatic carbocycles. The Kier molecular flexibility index (Phi) is 5.61. The first-order valence-corrected chi connectivity index (χ1v) is 8.87. The molecule has 1 atom stereocenters. The molecule has 1 heterocycles. The molecule has 0 spiro atoms. The van der Waals surface area contributed by atoms with Gasteiger partial charge < -0.3 is 14.8 Å². The molecule has 134 valence electrons. The molecule has 25 heavy (non-hydrogen) atoms. The molecule has 1 aliphatic heterocycles. The third-order valence-electron chi connectivity index (χ3n) is 4.81. The van der Waals surface area contributed by atoms with Crippen LogP contribution in [0.4, 0.5) is 0 Å². The van der Waals surface area contributed by atoms with Crippen LogP contribution < -0.4 is 14.8 Å². The maximum Gasteiger partial charge on any atom is 0.124 e. The molecule has 2 aromatic carbocycles. The van der Waals surface area contributed by atoms with Crippen molar-refractivity contribution in [3.8, 4) is 11.5 Å². The van der Waals surface area contributed by atoms with E-state index < -0.39 is 0 Å². The minimum atomic E-state index is 0.158. The second-order valence-corrected chi connectivity index (χ2v) is 6.72. The van der Waals surface area contributed by atoms with E-state index in [1.165, 1.54) is 16.7 Å². The zero-order valence-corrected chi connectivity index (χ0v) is 15.6. The highest BCUT2D eigenvalue weighted by atomic mass is 16.5. The van der Waals surface area contributed by atoms with Gasteiger partial charge in [0.1, 0.15) is 11.5 Å². The largest absolute Gasteiger partial charge is 0.497 e. The molecule has 1 N–H and O–H groups in total. The summed E-state index contributed by atoms with van der Waals surface area (Å²) < 4.78 is 11.2. The topological polar surface area (TPSA) is 33.7 Å². The summed E-state index contributed by atoms with van der Waals surface area (Å²) in [7, 11) is 3.45. The molecule has 4 heteroatoms. The summed E-state index contributed by atoms with van der Waals surface area (Å²) in [6.45, 7) is 8.36. The first-order valence-electron chi connectivity index (χ1n) is 8.87. The third-order valence-corrected chi connectivity index (χ3v) is 4.81. The van der Waals surface area contributed by atoms with Gasteiger partial charge >= 0.3 is 0 Å². The lowest BCUT2D eigenvalue weighted by molar-refractivity contribution is 0.195. The van der Waals surface area contributed by atoms with Gasteiger partial charge in [-0.15, -0.1) is 0 Å². The van der Waals surface area contributed by atoms with Crippen LogP contribution in [0.3, 0.4) is 0 Å². The molecule has 1 fully saturated rings. The second-order valence-electron chi connectivity index (χ2n) is 6.72. The Bertz CT molecular complexity index is 704.